The van der Waals surface area contributed by atoms with Crippen molar-refractivity contribution in [3.05, 3.63) is 47.7 Å². The topological polar surface area (TPSA) is 38.8 Å². The molecule has 2 rings (SSSR count). The lowest BCUT2D eigenvalue weighted by atomic mass is 10.2. The molecule has 0 N–H and O–H groups in total. The lowest BCUT2D eigenvalue weighted by molar-refractivity contribution is -0.130. The molecule has 0 spiro atoms. The standard InChI is InChI=1S/C14H17NO3/c1-11-13(8-14(16)15(11)10-17-2)18-9-12-6-4-3-5-7-12/h3-8,11H,9-10H2,1-2H3. The van der Waals surface area contributed by atoms with Crippen LogP contribution in [-0.4, -0.2) is 30.7 Å². The number of ether oxygens (including phenoxy) is 2. The van der Waals surface area contributed by atoms with Gasteiger partial charge in [-0.1, -0.05) is 30.3 Å². The van der Waals surface area contributed by atoms with Gasteiger partial charge in [-0.15, -0.1) is 0 Å². The van der Waals surface area contributed by atoms with Gasteiger partial charge in [-0.05, 0) is 12.5 Å². The van der Waals surface area contributed by atoms with Crippen molar-refractivity contribution in [2.45, 2.75) is 19.6 Å². The van der Waals surface area contributed by atoms with Gasteiger partial charge in [-0.2, -0.15) is 0 Å². The Balaban J connectivity index is 1.95. The van der Waals surface area contributed by atoms with Crippen molar-refractivity contribution < 1.29 is 14.3 Å². The Kier molecular flexibility index (Phi) is 3.99. The number of carbonyl (C=O) groups excluding carboxylic acids is 1. The number of benzene rings is 1. The fraction of sp³-hybridized carbons (Fsp3) is 0.357. The molecule has 1 aromatic rings. The van der Waals surface area contributed by atoms with Gasteiger partial charge in [0.2, 0.25) is 0 Å². The molecule has 4 nitrogen and oxygen atoms in total. The van der Waals surface area contributed by atoms with E-state index >= 15 is 0 Å². The van der Waals surface area contributed by atoms with Crippen molar-refractivity contribution in [2.75, 3.05) is 13.8 Å². The molecule has 0 saturated heterocycles. The highest BCUT2D eigenvalue weighted by Crippen LogP contribution is 2.21. The van der Waals surface area contributed by atoms with Gasteiger partial charge in [0.1, 0.15) is 19.1 Å². The van der Waals surface area contributed by atoms with E-state index < -0.39 is 0 Å². The molecule has 0 aromatic heterocycles. The molecule has 1 aliphatic heterocycles. The molecule has 0 saturated carbocycles. The molecule has 0 aliphatic carbocycles. The van der Waals surface area contributed by atoms with Crippen LogP contribution in [0.4, 0.5) is 0 Å². The molecule has 1 aromatic carbocycles. The van der Waals surface area contributed by atoms with Crippen molar-refractivity contribution in [1.82, 2.24) is 4.90 Å². The summed E-state index contributed by atoms with van der Waals surface area (Å²) in [5.41, 5.74) is 1.09. The van der Waals surface area contributed by atoms with Crippen LogP contribution in [0.1, 0.15) is 12.5 Å². The summed E-state index contributed by atoms with van der Waals surface area (Å²) in [5.74, 6) is 0.633. The van der Waals surface area contributed by atoms with Crippen LogP contribution < -0.4 is 0 Å². The Morgan fingerprint density at radius 2 is 2.00 bits per heavy atom. The normalized spacial score (nSPS) is 19.0. The summed E-state index contributed by atoms with van der Waals surface area (Å²) in [5, 5.41) is 0. The van der Waals surface area contributed by atoms with Crippen LogP contribution >= 0.6 is 0 Å². The maximum absolute atomic E-state index is 11.7. The SMILES string of the molecule is COCN1C(=O)C=C(OCc2ccccc2)C1C. The van der Waals surface area contributed by atoms with Crippen molar-refractivity contribution in [2.24, 2.45) is 0 Å². The summed E-state index contributed by atoms with van der Waals surface area (Å²) in [6.45, 7) is 2.69. The first-order chi connectivity index (χ1) is 8.72. The molecule has 0 bridgehead atoms. The number of hydrogen-bond acceptors (Lipinski definition) is 3. The number of amides is 1. The summed E-state index contributed by atoms with van der Waals surface area (Å²) in [4.78, 5) is 13.3. The summed E-state index contributed by atoms with van der Waals surface area (Å²) >= 11 is 0. The van der Waals surface area contributed by atoms with E-state index in [1.165, 1.54) is 6.08 Å². The van der Waals surface area contributed by atoms with E-state index in [1.54, 1.807) is 12.0 Å². The summed E-state index contributed by atoms with van der Waals surface area (Å²) in [7, 11) is 1.57. The minimum Gasteiger partial charge on any atom is -0.491 e. The van der Waals surface area contributed by atoms with E-state index in [4.69, 9.17) is 9.47 Å². The maximum atomic E-state index is 11.7. The third-order valence-corrected chi connectivity index (χ3v) is 2.94. The highest BCUT2D eigenvalue weighted by molar-refractivity contribution is 5.91. The van der Waals surface area contributed by atoms with Gasteiger partial charge in [-0.25, -0.2) is 0 Å². The van der Waals surface area contributed by atoms with Crippen molar-refractivity contribution >= 4 is 5.91 Å². The second-order valence-corrected chi connectivity index (χ2v) is 4.22. The zero-order chi connectivity index (χ0) is 13.0. The molecule has 1 heterocycles. The van der Waals surface area contributed by atoms with E-state index in [2.05, 4.69) is 0 Å². The molecule has 1 aliphatic rings. The summed E-state index contributed by atoms with van der Waals surface area (Å²) in [6.07, 6.45) is 1.53. The molecule has 1 atom stereocenters. The zero-order valence-electron chi connectivity index (χ0n) is 10.6. The van der Waals surface area contributed by atoms with Crippen LogP contribution in [0.5, 0.6) is 0 Å². The Hall–Kier alpha value is -1.81. The van der Waals surface area contributed by atoms with Gasteiger partial charge in [0, 0.05) is 13.2 Å². The Labute approximate surface area is 107 Å². The Morgan fingerprint density at radius 3 is 2.67 bits per heavy atom. The molecule has 0 fully saturated rings. The van der Waals surface area contributed by atoms with E-state index in [9.17, 15) is 4.79 Å². The molecule has 4 heteroatoms. The average molecular weight is 247 g/mol. The molecule has 1 unspecified atom stereocenters. The average Bonchev–Trinajstić information content (AvgIpc) is 2.66. The lowest BCUT2D eigenvalue weighted by Crippen LogP contribution is -2.35. The van der Waals surface area contributed by atoms with Crippen LogP contribution in [0.2, 0.25) is 0 Å². The maximum Gasteiger partial charge on any atom is 0.252 e. The predicted octanol–water partition coefficient (Wildman–Crippen LogP) is 1.92. The van der Waals surface area contributed by atoms with Gasteiger partial charge in [0.25, 0.3) is 5.91 Å². The third kappa shape index (κ3) is 2.71. The van der Waals surface area contributed by atoms with Gasteiger partial charge >= 0.3 is 0 Å². The number of carbonyl (C=O) groups is 1. The number of nitrogens with zero attached hydrogens (tertiary/aromatic N) is 1. The van der Waals surface area contributed by atoms with E-state index in [0.717, 1.165) is 5.56 Å². The number of rotatable bonds is 5. The van der Waals surface area contributed by atoms with Gasteiger partial charge in [-0.3, -0.25) is 4.79 Å². The monoisotopic (exact) mass is 247 g/mol. The fourth-order valence-electron chi connectivity index (χ4n) is 1.89. The predicted molar refractivity (Wildman–Crippen MR) is 67.5 cm³/mol. The Bertz CT molecular complexity index is 442. The number of methoxy groups -OCH3 is 1. The van der Waals surface area contributed by atoms with E-state index in [0.29, 0.717) is 12.4 Å². The Morgan fingerprint density at radius 1 is 1.28 bits per heavy atom. The number of hydrogen-bond donors (Lipinski definition) is 0. The van der Waals surface area contributed by atoms with Crippen molar-refractivity contribution in [1.29, 1.82) is 0 Å². The van der Waals surface area contributed by atoms with Crippen LogP contribution in [0, 0.1) is 0 Å². The smallest absolute Gasteiger partial charge is 0.252 e. The lowest BCUT2D eigenvalue weighted by Gasteiger charge is -2.22. The van der Waals surface area contributed by atoms with Crippen LogP contribution in [0.15, 0.2) is 42.2 Å². The van der Waals surface area contributed by atoms with Gasteiger partial charge in [0.05, 0.1) is 6.04 Å². The second kappa shape index (κ2) is 5.69. The molecule has 1 amide bonds. The fourth-order valence-corrected chi connectivity index (χ4v) is 1.89. The highest BCUT2D eigenvalue weighted by Gasteiger charge is 2.30. The van der Waals surface area contributed by atoms with Crippen LogP contribution in [-0.2, 0) is 20.9 Å². The first-order valence-corrected chi connectivity index (χ1v) is 5.90. The van der Waals surface area contributed by atoms with Crippen LogP contribution in [0.25, 0.3) is 0 Å². The molecular weight excluding hydrogens is 230 g/mol. The van der Waals surface area contributed by atoms with E-state index in [1.807, 2.05) is 37.3 Å². The minimum absolute atomic E-state index is 0.0626. The second-order valence-electron chi connectivity index (χ2n) is 4.22. The molecule has 18 heavy (non-hydrogen) atoms. The van der Waals surface area contributed by atoms with Crippen molar-refractivity contribution in [3.63, 3.8) is 0 Å². The van der Waals surface area contributed by atoms with Crippen molar-refractivity contribution in [3.8, 4) is 0 Å². The minimum atomic E-state index is -0.0684. The largest absolute Gasteiger partial charge is 0.491 e. The van der Waals surface area contributed by atoms with Gasteiger partial charge in [0.15, 0.2) is 0 Å². The molecule has 96 valence electrons. The zero-order valence-corrected chi connectivity index (χ0v) is 10.6. The van der Waals surface area contributed by atoms with Crippen LogP contribution in [0.3, 0.4) is 0 Å². The first-order valence-electron chi connectivity index (χ1n) is 5.90. The first kappa shape index (κ1) is 12.6. The molecular formula is C14H17NO3. The highest BCUT2D eigenvalue weighted by atomic mass is 16.5. The summed E-state index contributed by atoms with van der Waals surface area (Å²) < 4.78 is 10.7. The van der Waals surface area contributed by atoms with Gasteiger partial charge < -0.3 is 14.4 Å². The quantitative estimate of drug-likeness (QED) is 0.798. The summed E-state index contributed by atoms with van der Waals surface area (Å²) in [6, 6.07) is 9.82. The molecule has 0 radical (unpaired) electrons. The third-order valence-electron chi connectivity index (χ3n) is 2.94. The van der Waals surface area contributed by atoms with E-state index in [-0.39, 0.29) is 18.7 Å².